The molecule has 0 unspecified atom stereocenters. The molecule has 2 aromatic rings. The number of carbonyl (C=O) groups is 2. The Morgan fingerprint density at radius 1 is 1.05 bits per heavy atom. The first-order valence-corrected chi connectivity index (χ1v) is 12.9. The van der Waals surface area contributed by atoms with Crippen molar-refractivity contribution in [2.24, 2.45) is 0 Å². The Morgan fingerprint density at radius 3 is 2.23 bits per heavy atom. The zero-order valence-corrected chi connectivity index (χ0v) is 22.1. The van der Waals surface area contributed by atoms with E-state index in [1.54, 1.807) is 0 Å². The fraction of sp³-hybridized carbons (Fsp3) is 0.444. The minimum absolute atomic E-state index is 0.0144. The third-order valence-electron chi connectivity index (χ3n) is 7.10. The average molecular weight is 625 g/mol. The predicted molar refractivity (Wildman–Crippen MR) is 134 cm³/mol. The van der Waals surface area contributed by atoms with E-state index in [1.165, 1.54) is 0 Å². The summed E-state index contributed by atoms with van der Waals surface area (Å²) < 4.78 is 127. The molecule has 43 heavy (non-hydrogen) atoms. The van der Waals surface area contributed by atoms with Gasteiger partial charge in [-0.3, -0.25) is 14.6 Å². The monoisotopic (exact) mass is 624 g/mol. The molecular weight excluding hydrogens is 599 g/mol. The average Bonchev–Trinajstić information content (AvgIpc) is 2.92. The summed E-state index contributed by atoms with van der Waals surface area (Å²) in [6.45, 7) is -1.62. The lowest BCUT2D eigenvalue weighted by atomic mass is 9.77. The molecule has 3 heterocycles. The molecule has 0 bridgehead atoms. The second-order valence-corrected chi connectivity index (χ2v) is 10.1. The van der Waals surface area contributed by atoms with E-state index in [1.807, 2.05) is 5.32 Å². The van der Waals surface area contributed by atoms with E-state index in [9.17, 15) is 49.1 Å². The zero-order valence-electron chi connectivity index (χ0n) is 22.1. The summed E-state index contributed by atoms with van der Waals surface area (Å²) in [5.41, 5.74) is -7.28. The molecule has 1 aromatic heterocycles. The van der Waals surface area contributed by atoms with Gasteiger partial charge in [0.05, 0.1) is 12.3 Å². The second kappa shape index (κ2) is 12.1. The van der Waals surface area contributed by atoms with Crippen LogP contribution >= 0.6 is 0 Å². The third-order valence-corrected chi connectivity index (χ3v) is 7.10. The molecule has 234 valence electrons. The maximum Gasteiger partial charge on any atom is 0.416 e. The fourth-order valence-corrected chi connectivity index (χ4v) is 4.61. The minimum Gasteiger partial charge on any atom is -0.494 e. The van der Waals surface area contributed by atoms with Crippen molar-refractivity contribution in [2.45, 2.75) is 49.2 Å². The van der Waals surface area contributed by atoms with Crippen LogP contribution in [0.15, 0.2) is 48.2 Å². The van der Waals surface area contributed by atoms with Crippen molar-refractivity contribution < 1.29 is 53.8 Å². The Hall–Kier alpha value is -3.82. The molecule has 7 nitrogen and oxygen atoms in total. The fourth-order valence-electron chi connectivity index (χ4n) is 4.61. The maximum absolute atomic E-state index is 14.8. The van der Waals surface area contributed by atoms with Gasteiger partial charge < -0.3 is 20.7 Å². The van der Waals surface area contributed by atoms with Gasteiger partial charge in [0.1, 0.15) is 5.75 Å². The summed E-state index contributed by atoms with van der Waals surface area (Å²) in [5.74, 6) is -2.38. The molecule has 3 N–H and O–H groups in total. The van der Waals surface area contributed by atoms with Crippen LogP contribution in [-0.2, 0) is 15.1 Å². The molecular formula is C27H25F9N4O3. The lowest BCUT2D eigenvalue weighted by molar-refractivity contribution is -0.201. The van der Waals surface area contributed by atoms with E-state index < -0.39 is 72.3 Å². The SMILES string of the molecule is O=C1N[C@@](c2ccc(OCCCC(F)(F)F)cc2)(C(F)(F)F)CC(c2ccc(C(F)F)cn2)=C1CNC(=O)C1(F)CNC1. The van der Waals surface area contributed by atoms with Crippen LogP contribution in [-0.4, -0.2) is 61.1 Å². The Labute approximate surface area is 238 Å². The van der Waals surface area contributed by atoms with Crippen LogP contribution in [0.5, 0.6) is 5.75 Å². The number of nitrogens with zero attached hydrogens (tertiary/aromatic N) is 1. The molecule has 2 aliphatic rings. The molecule has 4 rings (SSSR count). The summed E-state index contributed by atoms with van der Waals surface area (Å²) in [7, 11) is 0. The first-order valence-electron chi connectivity index (χ1n) is 12.9. The van der Waals surface area contributed by atoms with Crippen LogP contribution in [0.1, 0.15) is 42.5 Å². The van der Waals surface area contributed by atoms with Gasteiger partial charge in [-0.15, -0.1) is 0 Å². The highest BCUT2D eigenvalue weighted by Crippen LogP contribution is 2.48. The number of hydrogen-bond donors (Lipinski definition) is 3. The van der Waals surface area contributed by atoms with Crippen molar-refractivity contribution >= 4 is 17.4 Å². The van der Waals surface area contributed by atoms with Gasteiger partial charge in [0.25, 0.3) is 12.3 Å². The van der Waals surface area contributed by atoms with Crippen molar-refractivity contribution in [1.82, 2.24) is 20.9 Å². The van der Waals surface area contributed by atoms with Crippen LogP contribution in [0.25, 0.3) is 5.57 Å². The van der Waals surface area contributed by atoms with Gasteiger partial charge in [0.2, 0.25) is 11.6 Å². The molecule has 0 spiro atoms. The van der Waals surface area contributed by atoms with Crippen LogP contribution in [0.4, 0.5) is 39.5 Å². The molecule has 0 radical (unpaired) electrons. The molecule has 1 saturated heterocycles. The highest BCUT2D eigenvalue weighted by atomic mass is 19.4. The Kier molecular flexibility index (Phi) is 9.00. The number of hydrogen-bond acceptors (Lipinski definition) is 5. The van der Waals surface area contributed by atoms with Crippen LogP contribution < -0.4 is 20.7 Å². The number of ether oxygens (including phenoxy) is 1. The van der Waals surface area contributed by atoms with E-state index in [0.717, 1.165) is 42.6 Å². The molecule has 0 aliphatic carbocycles. The van der Waals surface area contributed by atoms with E-state index in [2.05, 4.69) is 15.6 Å². The van der Waals surface area contributed by atoms with Crippen molar-refractivity contribution in [3.8, 4) is 5.75 Å². The predicted octanol–water partition coefficient (Wildman–Crippen LogP) is 4.90. The van der Waals surface area contributed by atoms with Gasteiger partial charge in [-0.2, -0.15) is 26.3 Å². The normalized spacial score (nSPS) is 20.5. The molecule has 2 amide bonds. The van der Waals surface area contributed by atoms with Crippen molar-refractivity contribution in [1.29, 1.82) is 0 Å². The third kappa shape index (κ3) is 7.05. The molecule has 1 atom stereocenters. The van der Waals surface area contributed by atoms with Gasteiger partial charge in [0, 0.05) is 49.8 Å². The maximum atomic E-state index is 14.8. The van der Waals surface area contributed by atoms with Gasteiger partial charge in [-0.05, 0) is 41.8 Å². The number of amides is 2. The summed E-state index contributed by atoms with van der Waals surface area (Å²) in [5, 5.41) is 6.73. The summed E-state index contributed by atoms with van der Waals surface area (Å²) in [6.07, 6.45) is -14.2. The molecule has 16 heteroatoms. The van der Waals surface area contributed by atoms with Crippen molar-refractivity contribution in [2.75, 3.05) is 26.2 Å². The number of alkyl halides is 9. The number of nitrogens with one attached hydrogen (secondary N) is 3. The zero-order chi connectivity index (χ0) is 31.6. The Balaban J connectivity index is 1.67. The molecule has 2 aliphatic heterocycles. The number of rotatable bonds is 10. The van der Waals surface area contributed by atoms with E-state index in [-0.39, 0.29) is 48.7 Å². The van der Waals surface area contributed by atoms with Gasteiger partial charge in [0.15, 0.2) is 5.54 Å². The lowest BCUT2D eigenvalue weighted by Crippen LogP contribution is -2.65. The number of pyridine rings is 1. The summed E-state index contributed by atoms with van der Waals surface area (Å²) in [4.78, 5) is 29.4. The smallest absolute Gasteiger partial charge is 0.416 e. The number of aromatic nitrogens is 1. The van der Waals surface area contributed by atoms with Crippen molar-refractivity contribution in [3.63, 3.8) is 0 Å². The van der Waals surface area contributed by atoms with E-state index in [0.29, 0.717) is 0 Å². The number of benzene rings is 1. The van der Waals surface area contributed by atoms with Crippen molar-refractivity contribution in [3.05, 3.63) is 65.0 Å². The highest BCUT2D eigenvalue weighted by molar-refractivity contribution is 6.04. The topological polar surface area (TPSA) is 92.3 Å². The number of carbonyl (C=O) groups excluding carboxylic acids is 2. The van der Waals surface area contributed by atoms with Crippen LogP contribution in [0.2, 0.25) is 0 Å². The minimum atomic E-state index is -5.14. The quantitative estimate of drug-likeness (QED) is 0.259. The summed E-state index contributed by atoms with van der Waals surface area (Å²) in [6, 6.07) is 6.12. The molecule has 1 aromatic carbocycles. The van der Waals surface area contributed by atoms with Crippen LogP contribution in [0.3, 0.4) is 0 Å². The highest BCUT2D eigenvalue weighted by Gasteiger charge is 2.59. The van der Waals surface area contributed by atoms with E-state index in [4.69, 9.17) is 4.74 Å². The second-order valence-electron chi connectivity index (χ2n) is 10.1. The van der Waals surface area contributed by atoms with Gasteiger partial charge >= 0.3 is 12.4 Å². The first-order chi connectivity index (χ1) is 20.0. The van der Waals surface area contributed by atoms with Gasteiger partial charge in [-0.25, -0.2) is 13.2 Å². The number of halogens is 9. The Morgan fingerprint density at radius 2 is 1.72 bits per heavy atom. The van der Waals surface area contributed by atoms with E-state index >= 15 is 0 Å². The largest absolute Gasteiger partial charge is 0.494 e. The Bertz CT molecular complexity index is 1360. The molecule has 0 saturated carbocycles. The first kappa shape index (κ1) is 32.1. The van der Waals surface area contributed by atoms with Crippen LogP contribution in [0, 0.1) is 0 Å². The molecule has 1 fully saturated rings. The lowest BCUT2D eigenvalue weighted by Gasteiger charge is -2.41. The summed E-state index contributed by atoms with van der Waals surface area (Å²) >= 11 is 0. The standard InChI is InChI=1S/C27H25F9N4O3/c28-21(29)15-2-7-20(38-11-15)18-10-25(27(34,35)36,16-3-5-17(6-4-16)43-9-1-8-26(31,32)33)40-22(41)19(18)12-39-23(42)24(30)13-37-14-24/h2-7,11,21,37H,1,8-10,12-14H2,(H,39,42)(H,40,41)/t25-/m0/s1. The van der Waals surface area contributed by atoms with Gasteiger partial charge in [-0.1, -0.05) is 12.1 Å².